The second-order valence-corrected chi connectivity index (χ2v) is 9.07. The molecule has 3 saturated heterocycles. The van der Waals surface area contributed by atoms with E-state index >= 15 is 0 Å². The van der Waals surface area contributed by atoms with Gasteiger partial charge in [-0.25, -0.2) is 0 Å². The summed E-state index contributed by atoms with van der Waals surface area (Å²) >= 11 is 0. The number of aliphatic hydroxyl groups excluding tert-OH is 10. The van der Waals surface area contributed by atoms with E-state index in [0.717, 1.165) is 6.92 Å². The molecule has 3 heterocycles. The van der Waals surface area contributed by atoms with Crippen molar-refractivity contribution in [2.75, 3.05) is 19.8 Å². The molecule has 3 aliphatic heterocycles. The number of ether oxygens (including phenoxy) is 5. The number of nitrogens with one attached hydrogen (secondary N) is 1. The van der Waals surface area contributed by atoms with Gasteiger partial charge in [-0.1, -0.05) is 0 Å². The molecule has 1 amide bonds. The molecule has 37 heavy (non-hydrogen) atoms. The van der Waals surface area contributed by atoms with Crippen LogP contribution in [0.4, 0.5) is 0 Å². The van der Waals surface area contributed by atoms with Crippen molar-refractivity contribution in [2.24, 2.45) is 0 Å². The molecule has 0 aromatic heterocycles. The first kappa shape index (κ1) is 30.4. The van der Waals surface area contributed by atoms with Crippen molar-refractivity contribution in [2.45, 2.75) is 99.0 Å². The molecule has 0 aliphatic carbocycles. The first-order valence-corrected chi connectivity index (χ1v) is 11.6. The van der Waals surface area contributed by atoms with Crippen LogP contribution in [0.2, 0.25) is 0 Å². The third kappa shape index (κ3) is 6.38. The lowest BCUT2D eigenvalue weighted by Gasteiger charge is -2.48. The van der Waals surface area contributed by atoms with E-state index in [-0.39, 0.29) is 0 Å². The summed E-state index contributed by atoms with van der Waals surface area (Å²) in [6, 6.07) is -1.44. The summed E-state index contributed by atoms with van der Waals surface area (Å²) in [5, 5.41) is 103. The van der Waals surface area contributed by atoms with Gasteiger partial charge >= 0.3 is 0 Å². The Labute approximate surface area is 210 Å². The number of amides is 1. The maximum Gasteiger partial charge on any atom is 0.217 e. The van der Waals surface area contributed by atoms with Crippen LogP contribution < -0.4 is 5.32 Å². The van der Waals surface area contributed by atoms with Crippen LogP contribution >= 0.6 is 0 Å². The van der Waals surface area contributed by atoms with Crippen LogP contribution in [0.3, 0.4) is 0 Å². The zero-order chi connectivity index (χ0) is 27.6. The molecule has 0 radical (unpaired) electrons. The monoisotopic (exact) mass is 545 g/mol. The highest BCUT2D eigenvalue weighted by Crippen LogP contribution is 2.32. The lowest BCUT2D eigenvalue weighted by Crippen LogP contribution is -2.68. The van der Waals surface area contributed by atoms with Crippen LogP contribution in [-0.4, -0.2) is 169 Å². The average molecular weight is 545 g/mol. The standard InChI is InChI=1S/C20H35NO16/c1-5(25)21-9-13(29)10(26)6(2-22)34-19(9)36-16-12(28)8(4-24)33-18(32)17(16)37-20-15(31)14(30)11(27)7(3-23)35-20/h6-20,22-24,26-32H,2-4H2,1H3,(H,21,25)/t6-,7-,8-,9-,10+,11+,12+,13-,14+,15-,16+,17-,18+,19-,20-/m1/s1. The Hall–Kier alpha value is -1.13. The molecule has 17 nitrogen and oxygen atoms in total. The maximum atomic E-state index is 11.7. The minimum absolute atomic E-state index is 0.661. The van der Waals surface area contributed by atoms with E-state index in [9.17, 15) is 55.9 Å². The summed E-state index contributed by atoms with van der Waals surface area (Å²) in [6.45, 7) is -1.24. The predicted octanol–water partition coefficient (Wildman–Crippen LogP) is -7.43. The van der Waals surface area contributed by atoms with Crippen molar-refractivity contribution in [3.63, 3.8) is 0 Å². The van der Waals surface area contributed by atoms with Gasteiger partial charge in [0.15, 0.2) is 18.9 Å². The molecule has 0 saturated carbocycles. The van der Waals surface area contributed by atoms with E-state index in [1.54, 1.807) is 0 Å². The van der Waals surface area contributed by atoms with Gasteiger partial charge in [0.1, 0.15) is 73.2 Å². The van der Waals surface area contributed by atoms with Gasteiger partial charge in [-0.2, -0.15) is 0 Å². The van der Waals surface area contributed by atoms with E-state index in [1.807, 2.05) is 0 Å². The van der Waals surface area contributed by atoms with Crippen molar-refractivity contribution >= 4 is 5.91 Å². The molecule has 3 rings (SSSR count). The second kappa shape index (κ2) is 12.8. The van der Waals surface area contributed by atoms with Crippen molar-refractivity contribution in [1.29, 1.82) is 0 Å². The molecular weight excluding hydrogens is 510 g/mol. The summed E-state index contributed by atoms with van der Waals surface area (Å²) in [7, 11) is 0. The highest BCUT2D eigenvalue weighted by Gasteiger charge is 2.54. The van der Waals surface area contributed by atoms with Gasteiger partial charge in [-0.3, -0.25) is 4.79 Å². The Bertz CT molecular complexity index is 745. The first-order valence-electron chi connectivity index (χ1n) is 11.6. The molecule has 11 N–H and O–H groups in total. The highest BCUT2D eigenvalue weighted by molar-refractivity contribution is 5.73. The van der Waals surface area contributed by atoms with Crippen LogP contribution in [0, 0.1) is 0 Å². The third-order valence-corrected chi connectivity index (χ3v) is 6.50. The minimum Gasteiger partial charge on any atom is -0.394 e. The molecule has 15 atom stereocenters. The van der Waals surface area contributed by atoms with Crippen molar-refractivity contribution in [3.8, 4) is 0 Å². The van der Waals surface area contributed by atoms with Crippen LogP contribution in [0.25, 0.3) is 0 Å². The Morgan fingerprint density at radius 1 is 0.649 bits per heavy atom. The van der Waals surface area contributed by atoms with E-state index in [1.165, 1.54) is 0 Å². The van der Waals surface area contributed by atoms with Gasteiger partial charge in [0.2, 0.25) is 5.91 Å². The van der Waals surface area contributed by atoms with Crippen molar-refractivity contribution in [3.05, 3.63) is 0 Å². The van der Waals surface area contributed by atoms with Crippen molar-refractivity contribution < 1.29 is 79.5 Å². The maximum absolute atomic E-state index is 11.7. The Kier molecular flexibility index (Phi) is 10.5. The second-order valence-electron chi connectivity index (χ2n) is 9.07. The van der Waals surface area contributed by atoms with Gasteiger partial charge in [-0.15, -0.1) is 0 Å². The smallest absolute Gasteiger partial charge is 0.217 e. The Balaban J connectivity index is 1.89. The lowest BCUT2D eigenvalue weighted by molar-refractivity contribution is -0.382. The summed E-state index contributed by atoms with van der Waals surface area (Å²) in [4.78, 5) is 11.7. The van der Waals surface area contributed by atoms with Crippen LogP contribution in [0.15, 0.2) is 0 Å². The number of hydrogen-bond donors (Lipinski definition) is 11. The van der Waals surface area contributed by atoms with Gasteiger partial charge in [0.05, 0.1) is 19.8 Å². The zero-order valence-corrected chi connectivity index (χ0v) is 19.7. The molecule has 0 aromatic rings. The van der Waals surface area contributed by atoms with E-state index < -0.39 is 118 Å². The number of carbonyl (C=O) groups excluding carboxylic acids is 1. The highest BCUT2D eigenvalue weighted by atomic mass is 16.8. The fourth-order valence-electron chi connectivity index (χ4n) is 4.43. The fraction of sp³-hybridized carbons (Fsp3) is 0.950. The summed E-state index contributed by atoms with van der Waals surface area (Å²) < 4.78 is 27.2. The normalized spacial score (nSPS) is 49.0. The van der Waals surface area contributed by atoms with Crippen LogP contribution in [0.5, 0.6) is 0 Å². The molecule has 0 unspecified atom stereocenters. The quantitative estimate of drug-likeness (QED) is 0.135. The molecule has 0 aromatic carbocycles. The molecular formula is C20H35NO16. The number of aliphatic hydroxyl groups is 10. The SMILES string of the molecule is CC(=O)N[C@H]1[C@@H](O[C@H]2[C@@H](O)[C@@H](CO)O[C@H](O)[C@@H]2O[C@H]2O[C@H](CO)[C@H](O)[C@H](O)[C@H]2O)O[C@H](CO)[C@H](O)[C@@H]1O. The molecule has 0 bridgehead atoms. The largest absolute Gasteiger partial charge is 0.394 e. The molecule has 0 spiro atoms. The molecule has 216 valence electrons. The van der Waals surface area contributed by atoms with Gasteiger partial charge in [0.25, 0.3) is 0 Å². The minimum atomic E-state index is -1.95. The predicted molar refractivity (Wildman–Crippen MR) is 113 cm³/mol. The summed E-state index contributed by atoms with van der Waals surface area (Å²) in [5.74, 6) is -0.661. The van der Waals surface area contributed by atoms with Crippen molar-refractivity contribution in [1.82, 2.24) is 5.32 Å². The topological polar surface area (TPSA) is 278 Å². The Morgan fingerprint density at radius 3 is 1.68 bits per heavy atom. The van der Waals surface area contributed by atoms with E-state index in [4.69, 9.17) is 23.7 Å². The van der Waals surface area contributed by atoms with Gasteiger partial charge in [0, 0.05) is 6.92 Å². The summed E-state index contributed by atoms with van der Waals surface area (Å²) in [6.07, 6.45) is -23.6. The van der Waals surface area contributed by atoms with E-state index in [2.05, 4.69) is 5.32 Å². The molecule has 3 aliphatic rings. The lowest BCUT2D eigenvalue weighted by atomic mass is 9.95. The van der Waals surface area contributed by atoms with Crippen LogP contribution in [0.1, 0.15) is 6.92 Å². The number of carbonyl (C=O) groups is 1. The average Bonchev–Trinajstić information content (AvgIpc) is 2.86. The Morgan fingerprint density at radius 2 is 1.14 bits per heavy atom. The third-order valence-electron chi connectivity index (χ3n) is 6.50. The zero-order valence-electron chi connectivity index (χ0n) is 19.7. The fourth-order valence-corrected chi connectivity index (χ4v) is 4.43. The van der Waals surface area contributed by atoms with Crippen LogP contribution in [-0.2, 0) is 28.5 Å². The molecule has 3 fully saturated rings. The first-order chi connectivity index (χ1) is 17.4. The number of rotatable bonds is 8. The number of hydrogen-bond acceptors (Lipinski definition) is 16. The van der Waals surface area contributed by atoms with Gasteiger partial charge < -0.3 is 80.1 Å². The summed E-state index contributed by atoms with van der Waals surface area (Å²) in [5.41, 5.74) is 0. The van der Waals surface area contributed by atoms with Gasteiger partial charge in [-0.05, 0) is 0 Å². The molecule has 17 heteroatoms. The van der Waals surface area contributed by atoms with E-state index in [0.29, 0.717) is 0 Å².